The van der Waals surface area contributed by atoms with Crippen molar-refractivity contribution in [1.82, 2.24) is 4.98 Å². The molecular formula is C18H12F2N2O2S. The van der Waals surface area contributed by atoms with Crippen molar-refractivity contribution in [2.45, 2.75) is 12.5 Å². The third-order valence-corrected chi connectivity index (χ3v) is 4.65. The maximum Gasteiger partial charge on any atom is 0.267 e. The molecule has 0 bridgehead atoms. The molecule has 2 heterocycles. The summed E-state index contributed by atoms with van der Waals surface area (Å²) in [4.78, 5) is 16.6. The first-order valence-corrected chi connectivity index (χ1v) is 8.44. The van der Waals surface area contributed by atoms with Crippen LogP contribution >= 0.6 is 11.3 Å². The summed E-state index contributed by atoms with van der Waals surface area (Å²) in [6.07, 6.45) is -0.100. The topological polar surface area (TPSA) is 51.2 Å². The summed E-state index contributed by atoms with van der Waals surface area (Å²) in [5.74, 6) is -1.43. The van der Waals surface area contributed by atoms with Gasteiger partial charge in [0.15, 0.2) is 22.9 Å². The van der Waals surface area contributed by atoms with Crippen molar-refractivity contribution < 1.29 is 18.3 Å². The lowest BCUT2D eigenvalue weighted by molar-refractivity contribution is -0.122. The molecule has 1 aromatic heterocycles. The predicted molar refractivity (Wildman–Crippen MR) is 90.7 cm³/mol. The van der Waals surface area contributed by atoms with Crippen LogP contribution in [0.5, 0.6) is 5.75 Å². The van der Waals surface area contributed by atoms with Crippen molar-refractivity contribution >= 4 is 22.4 Å². The summed E-state index contributed by atoms with van der Waals surface area (Å²) >= 11 is 1.21. The number of ether oxygens (including phenoxy) is 1. The molecule has 0 radical (unpaired) electrons. The van der Waals surface area contributed by atoms with Crippen LogP contribution in [0.25, 0.3) is 11.3 Å². The fourth-order valence-electron chi connectivity index (χ4n) is 2.63. The van der Waals surface area contributed by atoms with E-state index < -0.39 is 17.7 Å². The zero-order valence-electron chi connectivity index (χ0n) is 12.8. The zero-order chi connectivity index (χ0) is 17.4. The van der Waals surface area contributed by atoms with Gasteiger partial charge in [-0.3, -0.25) is 10.1 Å². The third kappa shape index (κ3) is 3.10. The average Bonchev–Trinajstić information content (AvgIpc) is 3.24. The Hall–Kier alpha value is -2.80. The molecule has 4 rings (SSSR count). The van der Waals surface area contributed by atoms with Crippen LogP contribution in [0.4, 0.5) is 13.9 Å². The molecule has 0 saturated carbocycles. The largest absolute Gasteiger partial charge is 0.480 e. The summed E-state index contributed by atoms with van der Waals surface area (Å²) in [5.41, 5.74) is 1.90. The Kier molecular flexibility index (Phi) is 3.93. The van der Waals surface area contributed by atoms with E-state index >= 15 is 0 Å². The highest BCUT2D eigenvalue weighted by molar-refractivity contribution is 7.14. The summed E-state index contributed by atoms with van der Waals surface area (Å²) in [5, 5.41) is 4.76. The number of rotatable bonds is 3. The molecule has 126 valence electrons. The van der Waals surface area contributed by atoms with Crippen molar-refractivity contribution in [2.24, 2.45) is 0 Å². The number of anilines is 1. The highest BCUT2D eigenvalue weighted by Crippen LogP contribution is 2.30. The van der Waals surface area contributed by atoms with Gasteiger partial charge in [-0.2, -0.15) is 0 Å². The number of carbonyl (C=O) groups is 1. The van der Waals surface area contributed by atoms with Crippen molar-refractivity contribution in [3.8, 4) is 17.0 Å². The number of thiazole rings is 1. The van der Waals surface area contributed by atoms with Gasteiger partial charge in [-0.25, -0.2) is 13.8 Å². The van der Waals surface area contributed by atoms with Crippen molar-refractivity contribution in [1.29, 1.82) is 0 Å². The maximum absolute atomic E-state index is 13.3. The molecule has 4 nitrogen and oxygen atoms in total. The zero-order valence-corrected chi connectivity index (χ0v) is 13.6. The first-order chi connectivity index (χ1) is 12.1. The number of hydrogen-bond donors (Lipinski definition) is 1. The SMILES string of the molecule is O=C(Nc1nc(-c2ccc(F)c(F)c2)cs1)[C@H]1Cc2ccccc2O1. The number of nitrogens with one attached hydrogen (secondary N) is 1. The Morgan fingerprint density at radius 1 is 1.20 bits per heavy atom. The summed E-state index contributed by atoms with van der Waals surface area (Å²) in [6, 6.07) is 11.1. The summed E-state index contributed by atoms with van der Waals surface area (Å²) in [6.45, 7) is 0. The van der Waals surface area contributed by atoms with Crippen molar-refractivity contribution in [3.05, 3.63) is 65.0 Å². The number of halogens is 2. The summed E-state index contributed by atoms with van der Waals surface area (Å²) < 4.78 is 32.0. The molecule has 0 fully saturated rings. The Morgan fingerprint density at radius 2 is 2.04 bits per heavy atom. The maximum atomic E-state index is 13.3. The van der Waals surface area contributed by atoms with Gasteiger partial charge in [-0.05, 0) is 29.8 Å². The number of carbonyl (C=O) groups excluding carboxylic acids is 1. The minimum absolute atomic E-state index is 0.289. The molecule has 25 heavy (non-hydrogen) atoms. The Balaban J connectivity index is 1.46. The number of aromatic nitrogens is 1. The molecular weight excluding hydrogens is 346 g/mol. The lowest BCUT2D eigenvalue weighted by Crippen LogP contribution is -2.31. The van der Waals surface area contributed by atoms with Crippen LogP contribution in [0, 0.1) is 11.6 Å². The van der Waals surface area contributed by atoms with E-state index in [0.717, 1.165) is 17.7 Å². The number of nitrogens with zero attached hydrogens (tertiary/aromatic N) is 1. The van der Waals surface area contributed by atoms with E-state index in [1.165, 1.54) is 17.4 Å². The number of para-hydroxylation sites is 1. The quantitative estimate of drug-likeness (QED) is 0.769. The molecule has 1 amide bonds. The van der Waals surface area contributed by atoms with Crippen LogP contribution in [-0.4, -0.2) is 17.0 Å². The van der Waals surface area contributed by atoms with Gasteiger partial charge in [-0.1, -0.05) is 18.2 Å². The highest BCUT2D eigenvalue weighted by Gasteiger charge is 2.29. The number of hydrogen-bond acceptors (Lipinski definition) is 4. The van der Waals surface area contributed by atoms with Gasteiger partial charge in [0.2, 0.25) is 0 Å². The standard InChI is InChI=1S/C18H12F2N2O2S/c19-12-6-5-10(7-13(12)20)14-9-25-18(21-14)22-17(23)16-8-11-3-1-2-4-15(11)24-16/h1-7,9,16H,8H2,(H,21,22,23)/t16-/m1/s1. The molecule has 0 saturated heterocycles. The highest BCUT2D eigenvalue weighted by atomic mass is 32.1. The van der Waals surface area contributed by atoms with Gasteiger partial charge in [0.1, 0.15) is 5.75 Å². The third-order valence-electron chi connectivity index (χ3n) is 3.89. The van der Waals surface area contributed by atoms with Gasteiger partial charge in [0.05, 0.1) is 5.69 Å². The van der Waals surface area contributed by atoms with Gasteiger partial charge >= 0.3 is 0 Å². The molecule has 1 N–H and O–H groups in total. The lowest BCUT2D eigenvalue weighted by Gasteiger charge is -2.09. The minimum atomic E-state index is -0.937. The van der Waals surface area contributed by atoms with Crippen LogP contribution < -0.4 is 10.1 Å². The normalized spacial score (nSPS) is 15.5. The second kappa shape index (κ2) is 6.25. The van der Waals surface area contributed by atoms with Crippen LogP contribution in [0.15, 0.2) is 47.8 Å². The second-order valence-electron chi connectivity index (χ2n) is 5.57. The van der Waals surface area contributed by atoms with Gasteiger partial charge in [0, 0.05) is 17.4 Å². The monoisotopic (exact) mass is 358 g/mol. The molecule has 7 heteroatoms. The van der Waals surface area contributed by atoms with E-state index in [1.54, 1.807) is 5.38 Å². The first kappa shape index (κ1) is 15.7. The number of amides is 1. The number of fused-ring (bicyclic) bond motifs is 1. The number of benzene rings is 2. The summed E-state index contributed by atoms with van der Waals surface area (Å²) in [7, 11) is 0. The van der Waals surface area contributed by atoms with Crippen LogP contribution in [0.3, 0.4) is 0 Å². The minimum Gasteiger partial charge on any atom is -0.480 e. The molecule has 2 aromatic carbocycles. The van der Waals surface area contributed by atoms with Crippen LogP contribution in [-0.2, 0) is 11.2 Å². The van der Waals surface area contributed by atoms with Crippen LogP contribution in [0.1, 0.15) is 5.56 Å². The lowest BCUT2D eigenvalue weighted by atomic mass is 10.1. The Morgan fingerprint density at radius 3 is 2.84 bits per heavy atom. The molecule has 0 spiro atoms. The molecule has 1 atom stereocenters. The van der Waals surface area contributed by atoms with E-state index in [0.29, 0.717) is 28.6 Å². The Bertz CT molecular complexity index is 933. The van der Waals surface area contributed by atoms with Gasteiger partial charge < -0.3 is 4.74 Å². The van der Waals surface area contributed by atoms with E-state index in [9.17, 15) is 13.6 Å². The van der Waals surface area contributed by atoms with Gasteiger partial charge in [-0.15, -0.1) is 11.3 Å². The molecule has 1 aliphatic rings. The van der Waals surface area contributed by atoms with E-state index in [4.69, 9.17) is 4.74 Å². The molecule has 0 unspecified atom stereocenters. The molecule has 3 aromatic rings. The Labute approximate surface area is 146 Å². The van der Waals surface area contributed by atoms with Crippen LogP contribution in [0.2, 0.25) is 0 Å². The van der Waals surface area contributed by atoms with E-state index in [2.05, 4.69) is 10.3 Å². The van der Waals surface area contributed by atoms with E-state index in [-0.39, 0.29) is 5.91 Å². The van der Waals surface area contributed by atoms with Crippen molar-refractivity contribution in [3.63, 3.8) is 0 Å². The fourth-order valence-corrected chi connectivity index (χ4v) is 3.36. The average molecular weight is 358 g/mol. The van der Waals surface area contributed by atoms with E-state index in [1.807, 2.05) is 24.3 Å². The second-order valence-corrected chi connectivity index (χ2v) is 6.43. The first-order valence-electron chi connectivity index (χ1n) is 7.56. The molecule has 0 aliphatic carbocycles. The molecule has 1 aliphatic heterocycles. The fraction of sp³-hybridized carbons (Fsp3) is 0.111. The van der Waals surface area contributed by atoms with Crippen molar-refractivity contribution in [2.75, 3.05) is 5.32 Å². The van der Waals surface area contributed by atoms with Gasteiger partial charge in [0.25, 0.3) is 5.91 Å². The smallest absolute Gasteiger partial charge is 0.267 e. The predicted octanol–water partition coefficient (Wildman–Crippen LogP) is 4.03.